The average Bonchev–Trinajstić information content (AvgIpc) is 3.33. The van der Waals surface area contributed by atoms with Crippen LogP contribution in [0, 0.1) is 5.41 Å². The van der Waals surface area contributed by atoms with E-state index < -0.39 is 30.3 Å². The van der Waals surface area contributed by atoms with Gasteiger partial charge in [-0.2, -0.15) is 23.3 Å². The van der Waals surface area contributed by atoms with Gasteiger partial charge < -0.3 is 4.90 Å². The second-order valence-corrected chi connectivity index (χ2v) is 8.57. The standard InChI is InChI=1S/C20H19F5N8O/c21-14(22)10-33-17-12(7-28-33)6-27-18(30-17)31-3-1-19(2-4-31)5-16(34)32(11-19)15-9-26-8-13(29-15)20(23,24)25/h6-9,14H,1-5,10-11H2. The minimum Gasteiger partial charge on any atom is -0.341 e. The highest BCUT2D eigenvalue weighted by Crippen LogP contribution is 2.43. The summed E-state index contributed by atoms with van der Waals surface area (Å²) in [5.74, 6) is -0.0286. The van der Waals surface area contributed by atoms with Gasteiger partial charge in [-0.15, -0.1) is 0 Å². The van der Waals surface area contributed by atoms with Gasteiger partial charge >= 0.3 is 6.18 Å². The van der Waals surface area contributed by atoms with E-state index in [1.807, 2.05) is 4.90 Å². The molecule has 9 nitrogen and oxygen atoms in total. The molecule has 0 aliphatic carbocycles. The second kappa shape index (κ2) is 8.09. The van der Waals surface area contributed by atoms with E-state index in [4.69, 9.17) is 0 Å². The summed E-state index contributed by atoms with van der Waals surface area (Å²) in [5, 5.41) is 4.49. The summed E-state index contributed by atoms with van der Waals surface area (Å²) < 4.78 is 65.8. The van der Waals surface area contributed by atoms with Crippen molar-refractivity contribution in [3.63, 3.8) is 0 Å². The van der Waals surface area contributed by atoms with Crippen molar-refractivity contribution in [2.75, 3.05) is 29.4 Å². The van der Waals surface area contributed by atoms with Gasteiger partial charge in [0.15, 0.2) is 17.2 Å². The minimum atomic E-state index is -4.65. The third-order valence-corrected chi connectivity index (χ3v) is 6.29. The van der Waals surface area contributed by atoms with E-state index in [1.165, 1.54) is 17.3 Å². The van der Waals surface area contributed by atoms with Crippen LogP contribution in [0.1, 0.15) is 25.0 Å². The number of anilines is 2. The van der Waals surface area contributed by atoms with Crippen molar-refractivity contribution in [1.29, 1.82) is 0 Å². The van der Waals surface area contributed by atoms with Gasteiger partial charge in [-0.25, -0.2) is 23.4 Å². The van der Waals surface area contributed by atoms with Crippen LogP contribution in [-0.2, 0) is 17.5 Å². The number of carbonyl (C=O) groups excluding carboxylic acids is 1. The molecule has 14 heteroatoms. The molecule has 34 heavy (non-hydrogen) atoms. The molecule has 180 valence electrons. The predicted molar refractivity (Wildman–Crippen MR) is 109 cm³/mol. The lowest BCUT2D eigenvalue weighted by atomic mass is 9.77. The maximum Gasteiger partial charge on any atom is 0.434 e. The molecule has 1 spiro atoms. The first-order valence-electron chi connectivity index (χ1n) is 10.5. The topological polar surface area (TPSA) is 92.9 Å². The molecule has 2 aliphatic rings. The molecule has 1 amide bonds. The molecule has 3 aromatic heterocycles. The predicted octanol–water partition coefficient (Wildman–Crippen LogP) is 2.92. The maximum atomic E-state index is 13.0. The summed E-state index contributed by atoms with van der Waals surface area (Å²) in [6, 6.07) is 0. The molecule has 0 atom stereocenters. The fourth-order valence-electron chi connectivity index (χ4n) is 4.52. The molecule has 2 aliphatic heterocycles. The van der Waals surface area contributed by atoms with E-state index in [2.05, 4.69) is 25.0 Å². The number of hydrogen-bond donors (Lipinski definition) is 0. The van der Waals surface area contributed by atoms with Crippen LogP contribution in [0.2, 0.25) is 0 Å². The Morgan fingerprint density at radius 1 is 1.06 bits per heavy atom. The van der Waals surface area contributed by atoms with Crippen LogP contribution >= 0.6 is 0 Å². The molecule has 0 saturated carbocycles. The molecule has 0 aromatic carbocycles. The Hall–Kier alpha value is -3.45. The van der Waals surface area contributed by atoms with Crippen LogP contribution in [0.3, 0.4) is 0 Å². The van der Waals surface area contributed by atoms with E-state index >= 15 is 0 Å². The Labute approximate surface area is 189 Å². The Bertz CT molecular complexity index is 1220. The molecule has 2 fully saturated rings. The number of hydrogen-bond acceptors (Lipinski definition) is 7. The maximum absolute atomic E-state index is 13.0. The molecular weight excluding hydrogens is 463 g/mol. The van der Waals surface area contributed by atoms with Crippen LogP contribution < -0.4 is 9.80 Å². The van der Waals surface area contributed by atoms with E-state index in [9.17, 15) is 26.7 Å². The molecule has 2 saturated heterocycles. The van der Waals surface area contributed by atoms with Crippen LogP contribution in [0.4, 0.5) is 33.7 Å². The zero-order valence-electron chi connectivity index (χ0n) is 17.7. The van der Waals surface area contributed by atoms with Gasteiger partial charge in [0.2, 0.25) is 11.9 Å². The number of halogens is 5. The second-order valence-electron chi connectivity index (χ2n) is 8.57. The smallest absolute Gasteiger partial charge is 0.341 e. The first kappa shape index (κ1) is 22.3. The lowest BCUT2D eigenvalue weighted by Gasteiger charge is -2.38. The Morgan fingerprint density at radius 2 is 1.82 bits per heavy atom. The van der Waals surface area contributed by atoms with Crippen molar-refractivity contribution in [1.82, 2.24) is 29.7 Å². The summed E-state index contributed by atoms with van der Waals surface area (Å²) in [6.45, 7) is 0.684. The zero-order valence-corrected chi connectivity index (χ0v) is 17.7. The molecule has 0 N–H and O–H groups in total. The van der Waals surface area contributed by atoms with Crippen LogP contribution in [-0.4, -0.2) is 61.7 Å². The van der Waals surface area contributed by atoms with E-state index in [0.29, 0.717) is 49.1 Å². The SMILES string of the molecule is O=C1CC2(CCN(c3ncc4cnn(CC(F)F)c4n3)CC2)CN1c1cncc(C(F)(F)F)n1. The largest absolute Gasteiger partial charge is 0.434 e. The molecule has 0 bridgehead atoms. The molecule has 0 radical (unpaired) electrons. The van der Waals surface area contributed by atoms with Crippen molar-refractivity contribution in [3.8, 4) is 0 Å². The molecule has 3 aromatic rings. The highest BCUT2D eigenvalue weighted by atomic mass is 19.4. The average molecular weight is 482 g/mol. The van der Waals surface area contributed by atoms with Gasteiger partial charge in [-0.05, 0) is 12.8 Å². The minimum absolute atomic E-state index is 0.111. The first-order valence-corrected chi connectivity index (χ1v) is 10.5. The number of piperidine rings is 1. The van der Waals surface area contributed by atoms with E-state index in [1.54, 1.807) is 0 Å². The third-order valence-electron chi connectivity index (χ3n) is 6.29. The molecular formula is C20H19F5N8O. The van der Waals surface area contributed by atoms with Crippen molar-refractivity contribution < 1.29 is 26.7 Å². The monoisotopic (exact) mass is 482 g/mol. The number of rotatable bonds is 4. The normalized spacial score (nSPS) is 18.6. The lowest BCUT2D eigenvalue weighted by molar-refractivity contribution is -0.141. The number of fused-ring (bicyclic) bond motifs is 1. The van der Waals surface area contributed by atoms with Gasteiger partial charge in [0.05, 0.1) is 24.0 Å². The quantitative estimate of drug-likeness (QED) is 0.528. The number of alkyl halides is 5. The number of carbonyl (C=O) groups is 1. The highest BCUT2D eigenvalue weighted by Gasteiger charge is 2.46. The highest BCUT2D eigenvalue weighted by molar-refractivity contribution is 5.95. The summed E-state index contributed by atoms with van der Waals surface area (Å²) >= 11 is 0. The first-order chi connectivity index (χ1) is 16.1. The van der Waals surface area contributed by atoms with Crippen molar-refractivity contribution in [2.45, 2.75) is 38.4 Å². The summed E-state index contributed by atoms with van der Waals surface area (Å²) in [7, 11) is 0. The molecule has 5 rings (SSSR count). The summed E-state index contributed by atoms with van der Waals surface area (Å²) in [4.78, 5) is 31.8. The van der Waals surface area contributed by atoms with Gasteiger partial charge in [-0.1, -0.05) is 0 Å². The Balaban J connectivity index is 1.30. The fourth-order valence-corrected chi connectivity index (χ4v) is 4.52. The lowest BCUT2D eigenvalue weighted by Crippen LogP contribution is -2.42. The van der Waals surface area contributed by atoms with E-state index in [0.717, 1.165) is 10.9 Å². The van der Waals surface area contributed by atoms with Crippen molar-refractivity contribution in [2.24, 2.45) is 5.41 Å². The third kappa shape index (κ3) is 4.12. The summed E-state index contributed by atoms with van der Waals surface area (Å²) in [5.41, 5.74) is -1.24. The zero-order chi connectivity index (χ0) is 24.1. The fraction of sp³-hybridized carbons (Fsp3) is 0.500. The number of amides is 1. The van der Waals surface area contributed by atoms with Gasteiger partial charge in [0.25, 0.3) is 6.43 Å². The van der Waals surface area contributed by atoms with E-state index in [-0.39, 0.29) is 24.7 Å². The van der Waals surface area contributed by atoms with Gasteiger partial charge in [0.1, 0.15) is 6.54 Å². The number of nitrogens with zero attached hydrogens (tertiary/aromatic N) is 8. The van der Waals surface area contributed by atoms with Crippen LogP contribution in [0.5, 0.6) is 0 Å². The van der Waals surface area contributed by atoms with Crippen LogP contribution in [0.15, 0.2) is 24.8 Å². The van der Waals surface area contributed by atoms with Crippen LogP contribution in [0.25, 0.3) is 11.0 Å². The van der Waals surface area contributed by atoms with Crippen molar-refractivity contribution >= 4 is 28.7 Å². The molecule has 5 heterocycles. The molecule has 0 unspecified atom stereocenters. The Morgan fingerprint density at radius 3 is 2.53 bits per heavy atom. The van der Waals surface area contributed by atoms with Gasteiger partial charge in [-0.3, -0.25) is 14.7 Å². The Kier molecular flexibility index (Phi) is 5.32. The number of aromatic nitrogens is 6. The summed E-state index contributed by atoms with van der Waals surface area (Å²) in [6.07, 6.45) is -1.11. The van der Waals surface area contributed by atoms with Crippen molar-refractivity contribution in [3.05, 3.63) is 30.5 Å². The van der Waals surface area contributed by atoms with Gasteiger partial charge in [0, 0.05) is 37.7 Å².